The first-order chi connectivity index (χ1) is 11.5. The fourth-order valence-corrected chi connectivity index (χ4v) is 3.14. The van der Waals surface area contributed by atoms with E-state index >= 15 is 0 Å². The largest absolute Gasteiger partial charge is 0.465 e. The monoisotopic (exact) mass is 335 g/mol. The molecule has 1 fully saturated rings. The minimum atomic E-state index is -0.423. The van der Waals surface area contributed by atoms with Crippen LogP contribution < -0.4 is 5.32 Å². The van der Waals surface area contributed by atoms with E-state index in [2.05, 4.69) is 19.2 Å². The van der Waals surface area contributed by atoms with Gasteiger partial charge in [0.15, 0.2) is 0 Å². The highest BCUT2D eigenvalue weighted by Crippen LogP contribution is 2.17. The van der Waals surface area contributed by atoms with Crippen molar-refractivity contribution in [2.45, 2.75) is 52.6 Å². The SMILES string of the molecule is CCCN(CCC)C(=O)C[C@@H]1C(=O)NCCN1Cc1ccc(C)o1. The van der Waals surface area contributed by atoms with Crippen LogP contribution in [0.15, 0.2) is 16.5 Å². The third-order valence-electron chi connectivity index (χ3n) is 4.30. The van der Waals surface area contributed by atoms with Crippen LogP contribution in [0.3, 0.4) is 0 Å². The van der Waals surface area contributed by atoms with E-state index in [9.17, 15) is 9.59 Å². The second-order valence-electron chi connectivity index (χ2n) is 6.37. The number of carbonyl (C=O) groups is 2. The fraction of sp³-hybridized carbons (Fsp3) is 0.667. The van der Waals surface area contributed by atoms with Gasteiger partial charge in [0.05, 0.1) is 19.0 Å². The smallest absolute Gasteiger partial charge is 0.237 e. The van der Waals surface area contributed by atoms with Crippen molar-refractivity contribution in [3.63, 3.8) is 0 Å². The number of hydrogen-bond donors (Lipinski definition) is 1. The summed E-state index contributed by atoms with van der Waals surface area (Å²) >= 11 is 0. The Morgan fingerprint density at radius 1 is 1.33 bits per heavy atom. The van der Waals surface area contributed by atoms with Crippen LogP contribution in [-0.2, 0) is 16.1 Å². The predicted molar refractivity (Wildman–Crippen MR) is 92.4 cm³/mol. The Morgan fingerprint density at radius 3 is 2.62 bits per heavy atom. The Kier molecular flexibility index (Phi) is 6.85. The van der Waals surface area contributed by atoms with Crippen LogP contribution in [0, 0.1) is 6.92 Å². The Balaban J connectivity index is 2.04. The molecule has 2 heterocycles. The maximum Gasteiger partial charge on any atom is 0.237 e. The van der Waals surface area contributed by atoms with E-state index < -0.39 is 6.04 Å². The highest BCUT2D eigenvalue weighted by Gasteiger charge is 2.33. The van der Waals surface area contributed by atoms with Gasteiger partial charge in [-0.3, -0.25) is 14.5 Å². The average molecular weight is 335 g/mol. The second kappa shape index (κ2) is 8.87. The molecule has 0 unspecified atom stereocenters. The number of nitrogens with zero attached hydrogens (tertiary/aromatic N) is 2. The molecule has 1 atom stereocenters. The lowest BCUT2D eigenvalue weighted by Gasteiger charge is -2.35. The zero-order chi connectivity index (χ0) is 17.5. The van der Waals surface area contributed by atoms with Crippen molar-refractivity contribution in [2.24, 2.45) is 0 Å². The van der Waals surface area contributed by atoms with Gasteiger partial charge in [-0.05, 0) is 31.9 Å². The van der Waals surface area contributed by atoms with Crippen molar-refractivity contribution in [3.05, 3.63) is 23.7 Å². The first kappa shape index (κ1) is 18.5. The molecule has 24 heavy (non-hydrogen) atoms. The molecular formula is C18H29N3O3. The van der Waals surface area contributed by atoms with Crippen LogP contribution in [0.2, 0.25) is 0 Å². The topological polar surface area (TPSA) is 65.8 Å². The molecule has 1 N–H and O–H groups in total. The van der Waals surface area contributed by atoms with Crippen LogP contribution in [0.1, 0.15) is 44.6 Å². The second-order valence-corrected chi connectivity index (χ2v) is 6.37. The molecule has 0 spiro atoms. The van der Waals surface area contributed by atoms with Gasteiger partial charge in [-0.25, -0.2) is 0 Å². The molecule has 0 aliphatic carbocycles. The third kappa shape index (κ3) is 4.84. The van der Waals surface area contributed by atoms with Crippen LogP contribution in [-0.4, -0.2) is 53.8 Å². The third-order valence-corrected chi connectivity index (χ3v) is 4.30. The Morgan fingerprint density at radius 2 is 2.04 bits per heavy atom. The molecule has 1 aromatic rings. The maximum atomic E-state index is 12.6. The van der Waals surface area contributed by atoms with E-state index in [0.717, 1.165) is 44.0 Å². The summed E-state index contributed by atoms with van der Waals surface area (Å²) in [6, 6.07) is 3.43. The number of amides is 2. The molecule has 6 heteroatoms. The lowest BCUT2D eigenvalue weighted by Crippen LogP contribution is -2.56. The lowest BCUT2D eigenvalue weighted by atomic mass is 10.1. The molecule has 0 aromatic carbocycles. The predicted octanol–water partition coefficient (Wildman–Crippen LogP) is 1.93. The highest BCUT2D eigenvalue weighted by atomic mass is 16.3. The molecule has 134 valence electrons. The Hall–Kier alpha value is -1.82. The van der Waals surface area contributed by atoms with Gasteiger partial charge >= 0.3 is 0 Å². The van der Waals surface area contributed by atoms with Gasteiger partial charge in [-0.2, -0.15) is 0 Å². The van der Waals surface area contributed by atoms with Gasteiger partial charge in [0.2, 0.25) is 11.8 Å². The maximum absolute atomic E-state index is 12.6. The average Bonchev–Trinajstić information content (AvgIpc) is 2.95. The summed E-state index contributed by atoms with van der Waals surface area (Å²) in [4.78, 5) is 28.9. The van der Waals surface area contributed by atoms with Gasteiger partial charge < -0.3 is 14.6 Å². The minimum absolute atomic E-state index is 0.0568. The molecule has 2 amide bonds. The standard InChI is InChI=1S/C18H29N3O3/c1-4-9-20(10-5-2)17(22)12-16-18(23)19-8-11-21(16)13-15-7-6-14(3)24-15/h6-7,16H,4-5,8-13H2,1-3H3,(H,19,23)/t16-/m1/s1. The number of rotatable bonds is 8. The molecule has 0 saturated carbocycles. The quantitative estimate of drug-likeness (QED) is 0.788. The first-order valence-corrected chi connectivity index (χ1v) is 8.90. The summed E-state index contributed by atoms with van der Waals surface area (Å²) < 4.78 is 5.63. The number of carbonyl (C=O) groups excluding carboxylic acids is 2. The van der Waals surface area contributed by atoms with Gasteiger partial charge in [0.25, 0.3) is 0 Å². The zero-order valence-electron chi connectivity index (χ0n) is 15.0. The first-order valence-electron chi connectivity index (χ1n) is 8.90. The van der Waals surface area contributed by atoms with Crippen LogP contribution in [0.5, 0.6) is 0 Å². The summed E-state index contributed by atoms with van der Waals surface area (Å²) in [5.74, 6) is 1.68. The summed E-state index contributed by atoms with van der Waals surface area (Å²) in [6.45, 7) is 9.42. The number of hydrogen-bond acceptors (Lipinski definition) is 4. The summed E-state index contributed by atoms with van der Waals surface area (Å²) in [5, 5.41) is 2.88. The fourth-order valence-electron chi connectivity index (χ4n) is 3.14. The van der Waals surface area contributed by atoms with E-state index in [4.69, 9.17) is 4.42 Å². The van der Waals surface area contributed by atoms with Crippen LogP contribution >= 0.6 is 0 Å². The molecule has 0 radical (unpaired) electrons. The van der Waals surface area contributed by atoms with Crippen LogP contribution in [0.4, 0.5) is 0 Å². The summed E-state index contributed by atoms with van der Waals surface area (Å²) in [7, 11) is 0. The van der Waals surface area contributed by atoms with Crippen molar-refractivity contribution in [1.82, 2.24) is 15.1 Å². The summed E-state index contributed by atoms with van der Waals surface area (Å²) in [6.07, 6.45) is 2.08. The number of aryl methyl sites for hydroxylation is 1. The van der Waals surface area contributed by atoms with Crippen molar-refractivity contribution in [3.8, 4) is 0 Å². The van der Waals surface area contributed by atoms with Crippen molar-refractivity contribution in [1.29, 1.82) is 0 Å². The normalized spacial score (nSPS) is 18.5. The van der Waals surface area contributed by atoms with Crippen LogP contribution in [0.25, 0.3) is 0 Å². The van der Waals surface area contributed by atoms with E-state index in [0.29, 0.717) is 13.1 Å². The Bertz CT molecular complexity index is 549. The number of piperazine rings is 1. The lowest BCUT2D eigenvalue weighted by molar-refractivity contribution is -0.139. The molecule has 1 aliphatic heterocycles. The Labute approximate surface area is 144 Å². The molecular weight excluding hydrogens is 306 g/mol. The van der Waals surface area contributed by atoms with E-state index in [1.54, 1.807) is 0 Å². The molecule has 2 rings (SSSR count). The van der Waals surface area contributed by atoms with Gasteiger partial charge in [-0.15, -0.1) is 0 Å². The van der Waals surface area contributed by atoms with Crippen molar-refractivity contribution >= 4 is 11.8 Å². The molecule has 0 bridgehead atoms. The summed E-state index contributed by atoms with van der Waals surface area (Å²) in [5.41, 5.74) is 0. The van der Waals surface area contributed by atoms with Gasteiger partial charge in [0.1, 0.15) is 11.5 Å². The van der Waals surface area contributed by atoms with Gasteiger partial charge in [0, 0.05) is 26.2 Å². The number of nitrogens with one attached hydrogen (secondary N) is 1. The van der Waals surface area contributed by atoms with Crippen molar-refractivity contribution < 1.29 is 14.0 Å². The van der Waals surface area contributed by atoms with E-state index in [1.807, 2.05) is 28.9 Å². The number of furan rings is 1. The zero-order valence-corrected chi connectivity index (χ0v) is 15.0. The minimum Gasteiger partial charge on any atom is -0.465 e. The molecule has 1 aromatic heterocycles. The molecule has 6 nitrogen and oxygen atoms in total. The van der Waals surface area contributed by atoms with Gasteiger partial charge in [-0.1, -0.05) is 13.8 Å². The van der Waals surface area contributed by atoms with Crippen molar-refractivity contribution in [2.75, 3.05) is 26.2 Å². The molecule has 1 saturated heterocycles. The molecule has 1 aliphatic rings. The van der Waals surface area contributed by atoms with E-state index in [-0.39, 0.29) is 18.2 Å². The highest BCUT2D eigenvalue weighted by molar-refractivity contribution is 5.88. The van der Waals surface area contributed by atoms with E-state index in [1.165, 1.54) is 0 Å².